The summed E-state index contributed by atoms with van der Waals surface area (Å²) in [5.74, 6) is -2.90. The number of nitrogens with zero attached hydrogens (tertiary/aromatic N) is 1. The highest BCUT2D eigenvalue weighted by molar-refractivity contribution is 9.10. The van der Waals surface area contributed by atoms with Gasteiger partial charge in [0.25, 0.3) is 5.91 Å². The molecule has 11 heteroatoms. The molecule has 27 heavy (non-hydrogen) atoms. The Morgan fingerprint density at radius 2 is 2.15 bits per heavy atom. The SMILES string of the molecule is O=C(O)CONC(=O)c1cc2[nH]cnc2c(F)c1Nc1ccc(Br)cc1Cl. The second kappa shape index (κ2) is 7.91. The molecule has 3 aromatic rings. The van der Waals surface area contributed by atoms with Crippen molar-refractivity contribution >= 4 is 61.8 Å². The second-order valence-electron chi connectivity index (χ2n) is 5.27. The molecule has 0 saturated heterocycles. The number of nitrogens with one attached hydrogen (secondary N) is 3. The van der Waals surface area contributed by atoms with Gasteiger partial charge in [0.2, 0.25) is 0 Å². The molecule has 1 aromatic heterocycles. The van der Waals surface area contributed by atoms with Gasteiger partial charge < -0.3 is 15.4 Å². The van der Waals surface area contributed by atoms with Crippen molar-refractivity contribution in [1.29, 1.82) is 0 Å². The van der Waals surface area contributed by atoms with E-state index in [1.807, 2.05) is 5.48 Å². The molecular formula is C16H11BrClFN4O4. The predicted molar refractivity (Wildman–Crippen MR) is 99.5 cm³/mol. The number of aromatic amines is 1. The van der Waals surface area contributed by atoms with Crippen molar-refractivity contribution in [3.8, 4) is 0 Å². The number of hydrogen-bond acceptors (Lipinski definition) is 5. The van der Waals surface area contributed by atoms with E-state index in [0.29, 0.717) is 10.7 Å². The van der Waals surface area contributed by atoms with Gasteiger partial charge in [0.1, 0.15) is 5.52 Å². The number of carboxylic acids is 1. The number of hydrogen-bond donors (Lipinski definition) is 4. The van der Waals surface area contributed by atoms with Crippen LogP contribution in [0.4, 0.5) is 15.8 Å². The van der Waals surface area contributed by atoms with Gasteiger partial charge in [-0.1, -0.05) is 27.5 Å². The van der Waals surface area contributed by atoms with Gasteiger partial charge in [-0.05, 0) is 24.3 Å². The van der Waals surface area contributed by atoms with E-state index in [4.69, 9.17) is 16.7 Å². The zero-order chi connectivity index (χ0) is 19.6. The first-order valence-corrected chi connectivity index (χ1v) is 8.55. The van der Waals surface area contributed by atoms with Crippen LogP contribution in [0.25, 0.3) is 11.0 Å². The van der Waals surface area contributed by atoms with Gasteiger partial charge in [-0.15, -0.1) is 0 Å². The van der Waals surface area contributed by atoms with E-state index < -0.39 is 24.3 Å². The molecule has 8 nitrogen and oxygen atoms in total. The lowest BCUT2D eigenvalue weighted by Gasteiger charge is -2.14. The van der Waals surface area contributed by atoms with Crippen molar-refractivity contribution in [2.45, 2.75) is 0 Å². The maximum Gasteiger partial charge on any atom is 0.332 e. The molecule has 0 atom stereocenters. The fourth-order valence-corrected chi connectivity index (χ4v) is 3.01. The van der Waals surface area contributed by atoms with Crippen LogP contribution in [0.1, 0.15) is 10.4 Å². The van der Waals surface area contributed by atoms with Gasteiger partial charge in [0.15, 0.2) is 12.4 Å². The van der Waals surface area contributed by atoms with E-state index in [1.165, 1.54) is 12.4 Å². The standard InChI is InChI=1S/C16H11BrClFN4O4/c17-7-1-2-10(9(18)3-7)22-14-8(16(26)23-27-5-12(24)25)4-11-15(13(14)19)21-6-20-11/h1-4,6,22H,5H2,(H,20,21)(H,23,26)(H,24,25). The summed E-state index contributed by atoms with van der Waals surface area (Å²) in [4.78, 5) is 34.1. The second-order valence-corrected chi connectivity index (χ2v) is 6.60. The summed E-state index contributed by atoms with van der Waals surface area (Å²) in [6.07, 6.45) is 1.28. The van der Waals surface area contributed by atoms with E-state index >= 15 is 0 Å². The van der Waals surface area contributed by atoms with Crippen molar-refractivity contribution in [3.05, 3.63) is 51.5 Å². The molecule has 0 saturated carbocycles. The number of carbonyl (C=O) groups excluding carboxylic acids is 1. The number of amides is 1. The molecule has 2 aromatic carbocycles. The van der Waals surface area contributed by atoms with Crippen molar-refractivity contribution < 1.29 is 23.9 Å². The summed E-state index contributed by atoms with van der Waals surface area (Å²) in [6, 6.07) is 6.25. The fraction of sp³-hybridized carbons (Fsp3) is 0.0625. The number of aromatic nitrogens is 2. The summed E-state index contributed by atoms with van der Waals surface area (Å²) >= 11 is 9.42. The number of fused-ring (bicyclic) bond motifs is 1. The summed E-state index contributed by atoms with van der Waals surface area (Å²) in [5.41, 5.74) is 2.31. The normalized spacial score (nSPS) is 10.8. The average Bonchev–Trinajstić information content (AvgIpc) is 3.07. The highest BCUT2D eigenvalue weighted by atomic mass is 79.9. The highest BCUT2D eigenvalue weighted by Crippen LogP contribution is 2.33. The third kappa shape index (κ3) is 4.18. The Labute approximate surface area is 164 Å². The first-order chi connectivity index (χ1) is 12.9. The summed E-state index contributed by atoms with van der Waals surface area (Å²) in [5, 5.41) is 11.7. The number of benzene rings is 2. The van der Waals surface area contributed by atoms with Crippen molar-refractivity contribution in [3.63, 3.8) is 0 Å². The molecule has 0 bridgehead atoms. The van der Waals surface area contributed by atoms with Crippen LogP contribution in [-0.2, 0) is 9.63 Å². The zero-order valence-electron chi connectivity index (χ0n) is 13.3. The Bertz CT molecular complexity index is 1040. The Balaban J connectivity index is 2.01. The molecule has 1 heterocycles. The number of H-pyrrole nitrogens is 1. The zero-order valence-corrected chi connectivity index (χ0v) is 15.7. The van der Waals surface area contributed by atoms with Crippen LogP contribution < -0.4 is 10.8 Å². The van der Waals surface area contributed by atoms with Crippen molar-refractivity contribution in [2.75, 3.05) is 11.9 Å². The van der Waals surface area contributed by atoms with Crippen molar-refractivity contribution in [2.24, 2.45) is 0 Å². The molecule has 0 aliphatic carbocycles. The number of halogens is 3. The van der Waals surface area contributed by atoms with Gasteiger partial charge in [-0.2, -0.15) is 0 Å². The molecule has 0 unspecified atom stereocenters. The Morgan fingerprint density at radius 1 is 1.37 bits per heavy atom. The molecule has 0 spiro atoms. The lowest BCUT2D eigenvalue weighted by atomic mass is 10.1. The van der Waals surface area contributed by atoms with E-state index in [0.717, 1.165) is 4.47 Å². The largest absolute Gasteiger partial charge is 0.479 e. The first-order valence-electron chi connectivity index (χ1n) is 7.38. The highest BCUT2D eigenvalue weighted by Gasteiger charge is 2.21. The number of aliphatic carboxylic acids is 1. The smallest absolute Gasteiger partial charge is 0.332 e. The number of hydroxylamine groups is 1. The molecule has 0 fully saturated rings. The maximum absolute atomic E-state index is 15.0. The van der Waals surface area contributed by atoms with Crippen molar-refractivity contribution in [1.82, 2.24) is 15.4 Å². The molecule has 0 radical (unpaired) electrons. The summed E-state index contributed by atoms with van der Waals surface area (Å²) < 4.78 is 15.7. The van der Waals surface area contributed by atoms with Gasteiger partial charge in [0, 0.05) is 4.47 Å². The van der Waals surface area contributed by atoms with Crippen LogP contribution in [0, 0.1) is 5.82 Å². The minimum atomic E-state index is -1.27. The molecule has 0 aliphatic rings. The van der Waals surface area contributed by atoms with E-state index in [-0.39, 0.29) is 22.3 Å². The minimum Gasteiger partial charge on any atom is -0.479 e. The summed E-state index contributed by atoms with van der Waals surface area (Å²) in [7, 11) is 0. The monoisotopic (exact) mass is 456 g/mol. The van der Waals surface area contributed by atoms with Gasteiger partial charge in [0.05, 0.1) is 33.8 Å². The number of anilines is 2. The Hall–Kier alpha value is -2.69. The summed E-state index contributed by atoms with van der Waals surface area (Å²) in [6.45, 7) is -0.748. The van der Waals surface area contributed by atoms with Crippen LogP contribution in [0.5, 0.6) is 0 Å². The average molecular weight is 458 g/mol. The lowest BCUT2D eigenvalue weighted by Crippen LogP contribution is -2.27. The quantitative estimate of drug-likeness (QED) is 0.420. The lowest BCUT2D eigenvalue weighted by molar-refractivity contribution is -0.144. The molecule has 0 aliphatic heterocycles. The van der Waals surface area contributed by atoms with Crippen LogP contribution in [0.3, 0.4) is 0 Å². The predicted octanol–water partition coefficient (Wildman–Crippen LogP) is 3.61. The molecular weight excluding hydrogens is 447 g/mol. The van der Waals surface area contributed by atoms with E-state index in [1.54, 1.807) is 18.2 Å². The van der Waals surface area contributed by atoms with Gasteiger partial charge in [-0.25, -0.2) is 19.6 Å². The minimum absolute atomic E-state index is 0.0220. The van der Waals surface area contributed by atoms with Crippen LogP contribution in [0.2, 0.25) is 5.02 Å². The van der Waals surface area contributed by atoms with Crippen LogP contribution in [-0.4, -0.2) is 33.6 Å². The molecule has 1 amide bonds. The van der Waals surface area contributed by atoms with Crippen LogP contribution in [0.15, 0.2) is 35.1 Å². The van der Waals surface area contributed by atoms with Gasteiger partial charge in [-0.3, -0.25) is 9.63 Å². The van der Waals surface area contributed by atoms with Crippen LogP contribution >= 0.6 is 27.5 Å². The number of carbonyl (C=O) groups is 2. The number of imidazole rings is 1. The fourth-order valence-electron chi connectivity index (χ4n) is 2.29. The van der Waals surface area contributed by atoms with E-state index in [9.17, 15) is 14.0 Å². The Morgan fingerprint density at radius 3 is 2.85 bits per heavy atom. The molecule has 4 N–H and O–H groups in total. The third-order valence-corrected chi connectivity index (χ3v) is 4.26. The number of carboxylic acid groups (broad SMARTS) is 1. The third-order valence-electron chi connectivity index (χ3n) is 3.45. The molecule has 140 valence electrons. The topological polar surface area (TPSA) is 116 Å². The Kier molecular flexibility index (Phi) is 5.59. The molecule has 3 rings (SSSR count). The maximum atomic E-state index is 15.0. The van der Waals surface area contributed by atoms with Gasteiger partial charge >= 0.3 is 5.97 Å². The first kappa shape index (κ1) is 19.1. The number of rotatable bonds is 6. The van der Waals surface area contributed by atoms with E-state index in [2.05, 4.69) is 36.1 Å².